The summed E-state index contributed by atoms with van der Waals surface area (Å²) in [6, 6.07) is 28.7. The van der Waals surface area contributed by atoms with Crippen LogP contribution in [0.2, 0.25) is 5.02 Å². The average molecular weight is 543 g/mol. The van der Waals surface area contributed by atoms with Gasteiger partial charge in [-0.3, -0.25) is 9.59 Å². The maximum Gasteiger partial charge on any atom is 0.265 e. The zero-order chi connectivity index (χ0) is 26.5. The molecule has 1 aliphatic heterocycles. The van der Waals surface area contributed by atoms with E-state index < -0.39 is 0 Å². The molecule has 0 atom stereocenters. The largest absolute Gasteiger partial charge is 0.352 e. The van der Waals surface area contributed by atoms with E-state index in [0.717, 1.165) is 21.6 Å². The summed E-state index contributed by atoms with van der Waals surface area (Å²) in [6.45, 7) is 0.717. The summed E-state index contributed by atoms with van der Waals surface area (Å²) in [7, 11) is 0. The topological polar surface area (TPSA) is 49.4 Å². The van der Waals surface area contributed by atoms with E-state index in [1.54, 1.807) is 29.2 Å². The molecule has 4 aromatic rings. The van der Waals surface area contributed by atoms with Crippen LogP contribution in [0.15, 0.2) is 107 Å². The number of benzene rings is 4. The fourth-order valence-corrected chi connectivity index (χ4v) is 5.32. The van der Waals surface area contributed by atoms with Crippen molar-refractivity contribution in [2.75, 3.05) is 11.4 Å². The van der Waals surface area contributed by atoms with E-state index in [1.807, 2.05) is 66.7 Å². The van der Waals surface area contributed by atoms with Gasteiger partial charge in [-0.25, -0.2) is 4.39 Å². The lowest BCUT2D eigenvalue weighted by molar-refractivity contribution is -0.114. The van der Waals surface area contributed by atoms with Crippen LogP contribution in [0.4, 0.5) is 10.1 Å². The molecule has 0 bridgehead atoms. The average Bonchev–Trinajstić information content (AvgIpc) is 2.93. The van der Waals surface area contributed by atoms with Gasteiger partial charge in [-0.15, -0.1) is 0 Å². The first-order valence-corrected chi connectivity index (χ1v) is 13.3. The van der Waals surface area contributed by atoms with Crippen molar-refractivity contribution in [1.29, 1.82) is 0 Å². The second kappa shape index (κ2) is 11.7. The molecule has 0 unspecified atom stereocenters. The summed E-state index contributed by atoms with van der Waals surface area (Å²) in [6.07, 6.45) is 2.54. The fourth-order valence-electron chi connectivity index (χ4n) is 4.16. The Morgan fingerprint density at radius 3 is 2.37 bits per heavy atom. The minimum absolute atomic E-state index is 0.170. The molecule has 2 amide bonds. The second-order valence-corrected chi connectivity index (χ2v) is 10.4. The number of amides is 2. The third-order valence-electron chi connectivity index (χ3n) is 6.15. The number of nitrogens with one attached hydrogen (secondary N) is 1. The van der Waals surface area contributed by atoms with E-state index in [9.17, 15) is 14.0 Å². The molecule has 0 radical (unpaired) electrons. The molecule has 38 heavy (non-hydrogen) atoms. The predicted octanol–water partition coefficient (Wildman–Crippen LogP) is 7.13. The summed E-state index contributed by atoms with van der Waals surface area (Å²) in [4.78, 5) is 29.7. The van der Waals surface area contributed by atoms with E-state index in [2.05, 4.69) is 5.32 Å². The number of nitrogens with zero attached hydrogens (tertiary/aromatic N) is 1. The molecule has 7 heteroatoms. The molecule has 0 spiro atoms. The van der Waals surface area contributed by atoms with E-state index in [4.69, 9.17) is 11.6 Å². The summed E-state index contributed by atoms with van der Waals surface area (Å²) in [5.74, 6) is -0.723. The molecule has 5 rings (SSSR count). The van der Waals surface area contributed by atoms with Crippen LogP contribution in [0.3, 0.4) is 0 Å². The number of carbonyl (C=O) groups excluding carboxylic acids is 2. The van der Waals surface area contributed by atoms with Gasteiger partial charge in [0.15, 0.2) is 0 Å². The van der Waals surface area contributed by atoms with Crippen molar-refractivity contribution in [2.24, 2.45) is 0 Å². The quantitative estimate of drug-likeness (QED) is 0.253. The summed E-state index contributed by atoms with van der Waals surface area (Å²) in [5, 5.41) is 3.63. The molecule has 1 N–H and O–H groups in total. The first kappa shape index (κ1) is 25.8. The lowest BCUT2D eigenvalue weighted by Gasteiger charge is -2.31. The molecule has 0 fully saturated rings. The van der Waals surface area contributed by atoms with Gasteiger partial charge >= 0.3 is 0 Å². The van der Waals surface area contributed by atoms with Crippen molar-refractivity contribution in [3.63, 3.8) is 0 Å². The Bertz CT molecular complexity index is 1490. The standard InChI is InChI=1S/C31H24ClFN2O2S/c32-25-11-6-21(7-12-25)16-17-34-30(36)24-10-15-28-27(19-24)35(20-23-8-13-26(33)14-9-23)31(37)29(38-28)18-22-4-2-1-3-5-22/h1-15,18-19H,16-17,20H2,(H,34,36)/b29-18-. The minimum Gasteiger partial charge on any atom is -0.352 e. The number of fused-ring (bicyclic) bond motifs is 1. The molecular formula is C31H24ClFN2O2S. The lowest BCUT2D eigenvalue weighted by Crippen LogP contribution is -2.34. The number of hydrogen-bond donors (Lipinski definition) is 1. The van der Waals surface area contributed by atoms with Gasteiger partial charge < -0.3 is 10.2 Å². The molecule has 0 saturated heterocycles. The lowest BCUT2D eigenvalue weighted by atomic mass is 10.1. The first-order valence-electron chi connectivity index (χ1n) is 12.1. The molecule has 0 saturated carbocycles. The van der Waals surface area contributed by atoms with Crippen molar-refractivity contribution in [3.05, 3.63) is 135 Å². The number of rotatable bonds is 7. The van der Waals surface area contributed by atoms with Gasteiger partial charge in [0, 0.05) is 22.0 Å². The Kier molecular flexibility index (Phi) is 7.91. The normalized spacial score (nSPS) is 13.9. The minimum atomic E-state index is -0.336. The van der Waals surface area contributed by atoms with Crippen LogP contribution >= 0.6 is 23.4 Å². The van der Waals surface area contributed by atoms with Crippen molar-refractivity contribution in [1.82, 2.24) is 5.32 Å². The zero-order valence-electron chi connectivity index (χ0n) is 20.4. The number of thioether (sulfide) groups is 1. The van der Waals surface area contributed by atoms with Crippen LogP contribution < -0.4 is 10.2 Å². The summed E-state index contributed by atoms with van der Waals surface area (Å²) < 4.78 is 13.5. The fraction of sp³-hybridized carbons (Fsp3) is 0.0968. The van der Waals surface area contributed by atoms with E-state index in [0.29, 0.717) is 34.1 Å². The molecular weight excluding hydrogens is 519 g/mol. The third-order valence-corrected chi connectivity index (χ3v) is 7.48. The van der Waals surface area contributed by atoms with E-state index in [-0.39, 0.29) is 24.2 Å². The van der Waals surface area contributed by atoms with Gasteiger partial charge in [0.1, 0.15) is 5.82 Å². The number of carbonyl (C=O) groups is 2. The molecule has 1 heterocycles. The Hall–Kier alpha value is -3.87. The highest BCUT2D eigenvalue weighted by Crippen LogP contribution is 2.43. The molecule has 0 aromatic heterocycles. The van der Waals surface area contributed by atoms with Crippen molar-refractivity contribution in [2.45, 2.75) is 17.9 Å². The highest BCUT2D eigenvalue weighted by atomic mass is 35.5. The molecule has 4 nitrogen and oxygen atoms in total. The van der Waals surface area contributed by atoms with Gasteiger partial charge in [0.25, 0.3) is 11.8 Å². The molecule has 4 aromatic carbocycles. The second-order valence-electron chi connectivity index (χ2n) is 8.85. The van der Waals surface area contributed by atoms with Crippen LogP contribution in [0, 0.1) is 5.82 Å². The Morgan fingerprint density at radius 2 is 1.63 bits per heavy atom. The highest BCUT2D eigenvalue weighted by molar-refractivity contribution is 8.04. The maximum absolute atomic E-state index is 13.7. The number of halogens is 2. The molecule has 0 aliphatic carbocycles. The Labute approximate surface area is 230 Å². The Balaban J connectivity index is 1.40. The van der Waals surface area contributed by atoms with Gasteiger partial charge in [-0.05, 0) is 71.7 Å². The van der Waals surface area contributed by atoms with E-state index in [1.165, 1.54) is 23.9 Å². The first-order chi connectivity index (χ1) is 18.5. The molecule has 1 aliphatic rings. The van der Waals surface area contributed by atoms with Gasteiger partial charge in [0.05, 0.1) is 17.1 Å². The van der Waals surface area contributed by atoms with Crippen LogP contribution in [0.5, 0.6) is 0 Å². The van der Waals surface area contributed by atoms with Gasteiger partial charge in [-0.1, -0.05) is 78.0 Å². The maximum atomic E-state index is 13.7. The predicted molar refractivity (Wildman–Crippen MR) is 152 cm³/mol. The van der Waals surface area contributed by atoms with Gasteiger partial charge in [0.2, 0.25) is 0 Å². The van der Waals surface area contributed by atoms with Crippen LogP contribution in [-0.2, 0) is 17.8 Å². The smallest absolute Gasteiger partial charge is 0.265 e. The van der Waals surface area contributed by atoms with Crippen molar-refractivity contribution < 1.29 is 14.0 Å². The van der Waals surface area contributed by atoms with Crippen molar-refractivity contribution in [3.8, 4) is 0 Å². The van der Waals surface area contributed by atoms with Crippen molar-refractivity contribution >= 4 is 46.9 Å². The zero-order valence-corrected chi connectivity index (χ0v) is 21.9. The van der Waals surface area contributed by atoms with Gasteiger partial charge in [-0.2, -0.15) is 0 Å². The SMILES string of the molecule is O=C(NCCc1ccc(Cl)cc1)c1ccc2c(c1)N(Cc1ccc(F)cc1)C(=O)/C(=C/c1ccccc1)S2. The number of hydrogen-bond acceptors (Lipinski definition) is 3. The molecule has 190 valence electrons. The Morgan fingerprint density at radius 1 is 0.921 bits per heavy atom. The van der Waals surface area contributed by atoms with Crippen LogP contribution in [0.1, 0.15) is 27.0 Å². The van der Waals surface area contributed by atoms with Crippen LogP contribution in [-0.4, -0.2) is 18.4 Å². The van der Waals surface area contributed by atoms with Crippen LogP contribution in [0.25, 0.3) is 6.08 Å². The number of anilines is 1. The third kappa shape index (κ3) is 6.15. The summed E-state index contributed by atoms with van der Waals surface area (Å²) in [5.41, 5.74) is 3.90. The highest BCUT2D eigenvalue weighted by Gasteiger charge is 2.30. The van der Waals surface area contributed by atoms with E-state index >= 15 is 0 Å². The summed E-state index contributed by atoms with van der Waals surface area (Å²) >= 11 is 7.32. The monoisotopic (exact) mass is 542 g/mol.